The first-order valence-electron chi connectivity index (χ1n) is 14.1. The molecule has 3 aromatic rings. The van der Waals surface area contributed by atoms with E-state index < -0.39 is 5.97 Å². The van der Waals surface area contributed by atoms with Gasteiger partial charge in [0.1, 0.15) is 23.6 Å². The Hall–Kier alpha value is -3.08. The van der Waals surface area contributed by atoms with Crippen molar-refractivity contribution in [2.24, 2.45) is 0 Å². The Morgan fingerprint density at radius 2 is 1.46 bits per heavy atom. The summed E-state index contributed by atoms with van der Waals surface area (Å²) in [6, 6.07) is 16.2. The van der Waals surface area contributed by atoms with Gasteiger partial charge in [-0.15, -0.1) is 0 Å². The Labute approximate surface area is 222 Å². The summed E-state index contributed by atoms with van der Waals surface area (Å²) in [5, 5.41) is 11.5. The van der Waals surface area contributed by atoms with Crippen LogP contribution >= 0.6 is 0 Å². The summed E-state index contributed by atoms with van der Waals surface area (Å²) in [4.78, 5) is 11.9. The lowest BCUT2D eigenvalue weighted by molar-refractivity contribution is -0.671. The van der Waals surface area contributed by atoms with Crippen LogP contribution in [0.5, 0.6) is 11.5 Å². The normalized spacial score (nSPS) is 11.1. The molecule has 0 saturated heterocycles. The van der Waals surface area contributed by atoms with Crippen LogP contribution in [0.4, 0.5) is 0 Å². The van der Waals surface area contributed by atoms with E-state index in [9.17, 15) is 9.90 Å². The molecule has 3 rings (SSSR count). The minimum absolute atomic E-state index is 0.0860. The maximum atomic E-state index is 11.9. The zero-order chi connectivity index (χ0) is 26.3. The van der Waals surface area contributed by atoms with Gasteiger partial charge in [-0.25, -0.2) is 4.79 Å². The van der Waals surface area contributed by atoms with Gasteiger partial charge in [0.15, 0.2) is 6.20 Å². The van der Waals surface area contributed by atoms with Crippen LogP contribution in [0.3, 0.4) is 0 Å². The number of ether oxygens (including phenoxy) is 2. The van der Waals surface area contributed by atoms with Gasteiger partial charge in [0.2, 0.25) is 5.52 Å². The number of aryl methyl sites for hydroxylation is 2. The molecule has 1 N–H and O–H groups in total. The van der Waals surface area contributed by atoms with Crippen molar-refractivity contribution >= 4 is 16.9 Å². The number of benzene rings is 2. The number of nitrogens with zero attached hydrogens (tertiary/aromatic N) is 1. The van der Waals surface area contributed by atoms with Gasteiger partial charge < -0.3 is 14.6 Å². The van der Waals surface area contributed by atoms with Gasteiger partial charge in [0.05, 0.1) is 13.2 Å². The van der Waals surface area contributed by atoms with Crippen molar-refractivity contribution in [3.8, 4) is 11.5 Å². The van der Waals surface area contributed by atoms with Gasteiger partial charge in [0.25, 0.3) is 0 Å². The minimum atomic E-state index is -0.500. The summed E-state index contributed by atoms with van der Waals surface area (Å²) in [7, 11) is 0. The fraction of sp³-hybridized carbons (Fsp3) is 0.500. The third-order valence-corrected chi connectivity index (χ3v) is 6.87. The molecule has 0 atom stereocenters. The fourth-order valence-corrected chi connectivity index (χ4v) is 4.87. The van der Waals surface area contributed by atoms with E-state index in [2.05, 4.69) is 47.2 Å². The van der Waals surface area contributed by atoms with Crippen molar-refractivity contribution in [3.63, 3.8) is 0 Å². The fourth-order valence-electron chi connectivity index (χ4n) is 4.87. The first-order valence-corrected chi connectivity index (χ1v) is 14.1. The smallest absolute Gasteiger partial charge is 0.342 e. The molecule has 0 unspecified atom stereocenters. The Bertz CT molecular complexity index is 1080. The number of pyridine rings is 1. The number of esters is 1. The monoisotopic (exact) mass is 506 g/mol. The highest BCUT2D eigenvalue weighted by molar-refractivity contribution is 5.94. The second-order valence-electron chi connectivity index (χ2n) is 9.85. The Kier molecular flexibility index (Phi) is 12.2. The molecule has 2 aromatic carbocycles. The molecule has 5 nitrogen and oxygen atoms in total. The number of para-hydroxylation sites is 1. The zero-order valence-electron chi connectivity index (χ0n) is 22.7. The van der Waals surface area contributed by atoms with Crippen molar-refractivity contribution in [2.45, 2.75) is 91.0 Å². The van der Waals surface area contributed by atoms with Gasteiger partial charge in [-0.3, -0.25) is 0 Å². The second kappa shape index (κ2) is 15.9. The first-order chi connectivity index (χ1) is 18.1. The van der Waals surface area contributed by atoms with Crippen molar-refractivity contribution in [3.05, 3.63) is 65.9 Å². The molecule has 0 fully saturated rings. The predicted octanol–water partition coefficient (Wildman–Crippen LogP) is 7.69. The van der Waals surface area contributed by atoms with E-state index in [-0.39, 0.29) is 17.9 Å². The van der Waals surface area contributed by atoms with Gasteiger partial charge in [-0.1, -0.05) is 63.5 Å². The van der Waals surface area contributed by atoms with Crippen molar-refractivity contribution in [1.82, 2.24) is 0 Å². The molecule has 37 heavy (non-hydrogen) atoms. The first kappa shape index (κ1) is 28.5. The number of rotatable bonds is 17. The number of phenolic OH excluding ortho intramolecular Hbond substituents is 1. The van der Waals surface area contributed by atoms with E-state index >= 15 is 0 Å². The Balaban J connectivity index is 1.16. The summed E-state index contributed by atoms with van der Waals surface area (Å²) in [6.07, 6.45) is 16.1. The standard InChI is InChI=1S/C32H43NO4/c1-3-36-32(35)31-26(2)24-28(25-30(31)34)37-23-16-12-10-8-6-4-5-7-9-11-15-21-33-22-17-19-27-18-13-14-20-29(27)33/h13-14,17-20,22,24-25H,3-12,15-16,21,23H2,1-2H3/p+1. The van der Waals surface area contributed by atoms with Gasteiger partial charge in [0, 0.05) is 30.0 Å². The predicted molar refractivity (Wildman–Crippen MR) is 149 cm³/mol. The van der Waals surface area contributed by atoms with Crippen LogP contribution in [0, 0.1) is 6.92 Å². The molecule has 0 spiro atoms. The zero-order valence-corrected chi connectivity index (χ0v) is 22.7. The third-order valence-electron chi connectivity index (χ3n) is 6.87. The van der Waals surface area contributed by atoms with Crippen LogP contribution in [-0.4, -0.2) is 24.3 Å². The van der Waals surface area contributed by atoms with Crippen LogP contribution in [0.2, 0.25) is 0 Å². The molecule has 0 aliphatic heterocycles. The van der Waals surface area contributed by atoms with E-state index in [1.54, 1.807) is 19.9 Å². The number of carbonyl (C=O) groups is 1. The van der Waals surface area contributed by atoms with E-state index in [0.29, 0.717) is 17.9 Å². The maximum absolute atomic E-state index is 11.9. The molecule has 0 saturated carbocycles. The average Bonchev–Trinajstić information content (AvgIpc) is 2.88. The molecule has 0 bridgehead atoms. The number of unbranched alkanes of at least 4 members (excludes halogenated alkanes) is 10. The quantitative estimate of drug-likeness (QED) is 0.116. The van der Waals surface area contributed by atoms with Gasteiger partial charge in [-0.2, -0.15) is 4.57 Å². The number of phenols is 1. The van der Waals surface area contributed by atoms with E-state index in [1.165, 1.54) is 74.8 Å². The number of hydrogen-bond donors (Lipinski definition) is 1. The number of aromatic hydroxyl groups is 1. The summed E-state index contributed by atoms with van der Waals surface area (Å²) >= 11 is 0. The molecule has 200 valence electrons. The van der Waals surface area contributed by atoms with E-state index in [1.807, 2.05) is 0 Å². The summed E-state index contributed by atoms with van der Waals surface area (Å²) in [5.74, 6) is 0.0101. The van der Waals surface area contributed by atoms with Crippen LogP contribution in [-0.2, 0) is 11.3 Å². The van der Waals surface area contributed by atoms with Gasteiger partial charge in [-0.05, 0) is 50.5 Å². The highest BCUT2D eigenvalue weighted by atomic mass is 16.5. The van der Waals surface area contributed by atoms with E-state index in [4.69, 9.17) is 9.47 Å². The van der Waals surface area contributed by atoms with Crippen molar-refractivity contribution < 1.29 is 23.9 Å². The van der Waals surface area contributed by atoms with E-state index in [0.717, 1.165) is 19.4 Å². The minimum Gasteiger partial charge on any atom is -0.507 e. The molecular weight excluding hydrogens is 462 g/mol. The lowest BCUT2D eigenvalue weighted by Crippen LogP contribution is -2.33. The lowest BCUT2D eigenvalue weighted by Gasteiger charge is -2.11. The molecule has 1 heterocycles. The largest absolute Gasteiger partial charge is 0.507 e. The van der Waals surface area contributed by atoms with Crippen molar-refractivity contribution in [2.75, 3.05) is 13.2 Å². The summed E-state index contributed by atoms with van der Waals surface area (Å²) < 4.78 is 13.2. The molecule has 0 amide bonds. The Morgan fingerprint density at radius 3 is 2.14 bits per heavy atom. The second-order valence-corrected chi connectivity index (χ2v) is 9.85. The Morgan fingerprint density at radius 1 is 0.838 bits per heavy atom. The van der Waals surface area contributed by atoms with Crippen LogP contribution in [0.15, 0.2) is 54.7 Å². The third kappa shape index (κ3) is 9.38. The van der Waals surface area contributed by atoms with Crippen molar-refractivity contribution in [1.29, 1.82) is 0 Å². The number of fused-ring (bicyclic) bond motifs is 1. The maximum Gasteiger partial charge on any atom is 0.342 e. The van der Waals surface area contributed by atoms with Crippen LogP contribution in [0.25, 0.3) is 10.9 Å². The molecule has 0 aliphatic rings. The molecule has 5 heteroatoms. The highest BCUT2D eigenvalue weighted by Crippen LogP contribution is 2.28. The molecule has 0 radical (unpaired) electrons. The number of hydrogen-bond acceptors (Lipinski definition) is 4. The SMILES string of the molecule is CCOC(=O)c1c(C)cc(OCCCCCCCCCCCCC[n+]2cccc3ccccc32)cc1O. The molecule has 1 aromatic heterocycles. The highest BCUT2D eigenvalue weighted by Gasteiger charge is 2.17. The molecular formula is C32H44NO4+. The van der Waals surface area contributed by atoms with Gasteiger partial charge >= 0.3 is 5.97 Å². The molecule has 0 aliphatic carbocycles. The van der Waals surface area contributed by atoms with Crippen LogP contribution < -0.4 is 9.30 Å². The number of carbonyl (C=O) groups excluding carboxylic acids is 1. The summed E-state index contributed by atoms with van der Waals surface area (Å²) in [6.45, 7) is 5.53. The topological polar surface area (TPSA) is 59.6 Å². The summed E-state index contributed by atoms with van der Waals surface area (Å²) in [5.41, 5.74) is 2.21. The number of aromatic nitrogens is 1. The average molecular weight is 507 g/mol. The lowest BCUT2D eigenvalue weighted by atomic mass is 10.1. The van der Waals surface area contributed by atoms with Crippen LogP contribution in [0.1, 0.15) is 93.5 Å².